The molecule has 0 unspecified atom stereocenters. The van der Waals surface area contributed by atoms with Crippen molar-refractivity contribution in [3.63, 3.8) is 0 Å². The van der Waals surface area contributed by atoms with Crippen molar-refractivity contribution in [1.82, 2.24) is 15.1 Å². The molecule has 2 rings (SSSR count). The van der Waals surface area contributed by atoms with E-state index < -0.39 is 0 Å². The van der Waals surface area contributed by atoms with E-state index in [-0.39, 0.29) is 0 Å². The summed E-state index contributed by atoms with van der Waals surface area (Å²) in [6, 6.07) is 0.551. The first-order chi connectivity index (χ1) is 9.20. The highest BCUT2D eigenvalue weighted by Crippen LogP contribution is 2.26. The highest BCUT2D eigenvalue weighted by atomic mass is 16.2. The zero-order chi connectivity index (χ0) is 13.7. The smallest absolute Gasteiger partial charge is 0.236 e. The van der Waals surface area contributed by atoms with Crippen molar-refractivity contribution in [2.24, 2.45) is 5.92 Å². The summed E-state index contributed by atoms with van der Waals surface area (Å²) >= 11 is 0. The van der Waals surface area contributed by atoms with Crippen LogP contribution in [0.3, 0.4) is 0 Å². The van der Waals surface area contributed by atoms with Crippen molar-refractivity contribution >= 4 is 5.91 Å². The van der Waals surface area contributed by atoms with Gasteiger partial charge in [-0.25, -0.2) is 0 Å². The number of rotatable bonds is 7. The summed E-state index contributed by atoms with van der Waals surface area (Å²) in [5.74, 6) is 1.17. The molecular formula is C15H29N3O. The van der Waals surface area contributed by atoms with Crippen LogP contribution in [0.2, 0.25) is 0 Å². The molecule has 1 aliphatic carbocycles. The summed E-state index contributed by atoms with van der Waals surface area (Å²) in [7, 11) is 2.08. The minimum absolute atomic E-state index is 0.317. The molecule has 2 aliphatic rings. The quantitative estimate of drug-likeness (QED) is 0.755. The van der Waals surface area contributed by atoms with Crippen LogP contribution in [0.1, 0.15) is 39.0 Å². The fourth-order valence-corrected chi connectivity index (χ4v) is 3.00. The Balaban J connectivity index is 1.65. The summed E-state index contributed by atoms with van der Waals surface area (Å²) in [6.45, 7) is 6.93. The topological polar surface area (TPSA) is 35.6 Å². The number of carbonyl (C=O) groups excluding carboxylic acids is 1. The van der Waals surface area contributed by atoms with Gasteiger partial charge in [-0.1, -0.05) is 0 Å². The summed E-state index contributed by atoms with van der Waals surface area (Å²) in [5, 5.41) is 3.40. The van der Waals surface area contributed by atoms with E-state index in [0.29, 0.717) is 18.5 Å². The Morgan fingerprint density at radius 3 is 2.47 bits per heavy atom. The monoisotopic (exact) mass is 267 g/mol. The fourth-order valence-electron chi connectivity index (χ4n) is 3.00. The first-order valence-electron chi connectivity index (χ1n) is 7.89. The Morgan fingerprint density at radius 1 is 1.21 bits per heavy atom. The summed E-state index contributed by atoms with van der Waals surface area (Å²) in [4.78, 5) is 16.5. The number of hydrogen-bond acceptors (Lipinski definition) is 3. The van der Waals surface area contributed by atoms with Gasteiger partial charge in [0.1, 0.15) is 0 Å². The molecule has 0 bridgehead atoms. The molecule has 0 aromatic rings. The second-order valence-electron chi connectivity index (χ2n) is 6.13. The molecule has 1 aliphatic heterocycles. The van der Waals surface area contributed by atoms with Crippen LogP contribution in [0.15, 0.2) is 0 Å². The Labute approximate surface area is 117 Å². The number of amides is 1. The van der Waals surface area contributed by atoms with Crippen LogP contribution in [-0.4, -0.2) is 61.5 Å². The maximum absolute atomic E-state index is 12.2. The van der Waals surface area contributed by atoms with Gasteiger partial charge in [0.25, 0.3) is 0 Å². The normalized spacial score (nSPS) is 20.8. The first-order valence-corrected chi connectivity index (χ1v) is 7.89. The van der Waals surface area contributed by atoms with Gasteiger partial charge in [0, 0.05) is 12.6 Å². The largest absolute Gasteiger partial charge is 0.339 e. The lowest BCUT2D eigenvalue weighted by Crippen LogP contribution is -2.41. The molecule has 4 heteroatoms. The minimum Gasteiger partial charge on any atom is -0.339 e. The summed E-state index contributed by atoms with van der Waals surface area (Å²) < 4.78 is 0. The van der Waals surface area contributed by atoms with E-state index in [9.17, 15) is 4.79 Å². The Bertz CT molecular complexity index is 285. The van der Waals surface area contributed by atoms with Gasteiger partial charge in [-0.2, -0.15) is 0 Å². The standard InChI is InChI=1S/C15H29N3O/c1-3-18(14-4-5-14)15(19)12-17(2)11-8-13-6-9-16-10-7-13/h13-14,16H,3-12H2,1-2H3. The molecule has 0 aromatic carbocycles. The zero-order valence-electron chi connectivity index (χ0n) is 12.5. The zero-order valence-corrected chi connectivity index (χ0v) is 12.5. The lowest BCUT2D eigenvalue weighted by molar-refractivity contribution is -0.132. The summed E-state index contributed by atoms with van der Waals surface area (Å²) in [6.07, 6.45) is 6.24. The molecule has 2 fully saturated rings. The summed E-state index contributed by atoms with van der Waals surface area (Å²) in [5.41, 5.74) is 0. The number of nitrogens with zero attached hydrogens (tertiary/aromatic N) is 2. The number of piperidine rings is 1. The fraction of sp³-hybridized carbons (Fsp3) is 0.933. The number of nitrogens with one attached hydrogen (secondary N) is 1. The van der Waals surface area contributed by atoms with Gasteiger partial charge in [0.2, 0.25) is 5.91 Å². The van der Waals surface area contributed by atoms with E-state index >= 15 is 0 Å². The van der Waals surface area contributed by atoms with Gasteiger partial charge in [0.05, 0.1) is 6.54 Å². The number of carbonyl (C=O) groups is 1. The first kappa shape index (κ1) is 14.8. The van der Waals surface area contributed by atoms with Crippen molar-refractivity contribution < 1.29 is 4.79 Å². The van der Waals surface area contributed by atoms with E-state index in [1.807, 2.05) is 0 Å². The molecular weight excluding hydrogens is 238 g/mol. The molecule has 0 aromatic heterocycles. The lowest BCUT2D eigenvalue weighted by Gasteiger charge is -2.27. The van der Waals surface area contributed by atoms with Gasteiger partial charge in [-0.15, -0.1) is 0 Å². The molecule has 4 nitrogen and oxygen atoms in total. The molecule has 1 saturated carbocycles. The Morgan fingerprint density at radius 2 is 1.89 bits per heavy atom. The van der Waals surface area contributed by atoms with Crippen molar-refractivity contribution in [3.05, 3.63) is 0 Å². The second kappa shape index (κ2) is 7.25. The minimum atomic E-state index is 0.317. The highest BCUT2D eigenvalue weighted by molar-refractivity contribution is 5.78. The third-order valence-corrected chi connectivity index (χ3v) is 4.43. The second-order valence-corrected chi connectivity index (χ2v) is 6.13. The average molecular weight is 267 g/mol. The molecule has 1 amide bonds. The molecule has 0 atom stereocenters. The van der Waals surface area contributed by atoms with Crippen molar-refractivity contribution in [1.29, 1.82) is 0 Å². The maximum atomic E-state index is 12.2. The van der Waals surface area contributed by atoms with Crippen molar-refractivity contribution in [3.8, 4) is 0 Å². The van der Waals surface area contributed by atoms with Crippen LogP contribution < -0.4 is 5.32 Å². The van der Waals surface area contributed by atoms with E-state index in [1.54, 1.807) is 0 Å². The van der Waals surface area contributed by atoms with Gasteiger partial charge in [-0.05, 0) is 71.6 Å². The van der Waals surface area contributed by atoms with Crippen LogP contribution in [0.4, 0.5) is 0 Å². The predicted octanol–water partition coefficient (Wildman–Crippen LogP) is 1.32. The van der Waals surface area contributed by atoms with Gasteiger partial charge in [0.15, 0.2) is 0 Å². The third-order valence-electron chi connectivity index (χ3n) is 4.43. The van der Waals surface area contributed by atoms with E-state index in [0.717, 1.165) is 19.0 Å². The molecule has 110 valence electrons. The van der Waals surface area contributed by atoms with Crippen LogP contribution >= 0.6 is 0 Å². The molecule has 1 N–H and O–H groups in total. The van der Waals surface area contributed by atoms with E-state index in [1.165, 1.54) is 45.2 Å². The Kier molecular flexibility index (Phi) is 5.64. The molecule has 1 heterocycles. The lowest BCUT2D eigenvalue weighted by atomic mass is 9.94. The molecule has 0 spiro atoms. The average Bonchev–Trinajstić information content (AvgIpc) is 3.23. The van der Waals surface area contributed by atoms with E-state index in [4.69, 9.17) is 0 Å². The van der Waals surface area contributed by atoms with Crippen LogP contribution in [0.25, 0.3) is 0 Å². The number of likely N-dealkylation sites (N-methyl/N-ethyl adjacent to an activating group) is 2. The van der Waals surface area contributed by atoms with Crippen LogP contribution in [0, 0.1) is 5.92 Å². The number of hydrogen-bond donors (Lipinski definition) is 1. The molecule has 0 radical (unpaired) electrons. The highest BCUT2D eigenvalue weighted by Gasteiger charge is 2.31. The molecule has 19 heavy (non-hydrogen) atoms. The third kappa shape index (κ3) is 4.77. The maximum Gasteiger partial charge on any atom is 0.236 e. The van der Waals surface area contributed by atoms with Crippen molar-refractivity contribution in [2.45, 2.75) is 45.1 Å². The van der Waals surface area contributed by atoms with Gasteiger partial charge < -0.3 is 10.2 Å². The van der Waals surface area contributed by atoms with Gasteiger partial charge in [-0.3, -0.25) is 9.69 Å². The van der Waals surface area contributed by atoms with Crippen molar-refractivity contribution in [2.75, 3.05) is 39.8 Å². The van der Waals surface area contributed by atoms with Crippen LogP contribution in [-0.2, 0) is 4.79 Å². The van der Waals surface area contributed by atoms with Gasteiger partial charge >= 0.3 is 0 Å². The van der Waals surface area contributed by atoms with Crippen LogP contribution in [0.5, 0.6) is 0 Å². The predicted molar refractivity (Wildman–Crippen MR) is 78.1 cm³/mol. The van der Waals surface area contributed by atoms with E-state index in [2.05, 4.69) is 29.1 Å². The molecule has 1 saturated heterocycles. The Hall–Kier alpha value is -0.610. The SMILES string of the molecule is CCN(C(=O)CN(C)CCC1CCNCC1)C1CC1.